The van der Waals surface area contributed by atoms with Gasteiger partial charge < -0.3 is 10.2 Å². The Bertz CT molecular complexity index is 392. The van der Waals surface area contributed by atoms with E-state index in [-0.39, 0.29) is 0 Å². The quantitative estimate of drug-likeness (QED) is 0.872. The van der Waals surface area contributed by atoms with Gasteiger partial charge in [-0.1, -0.05) is 18.9 Å². The molecule has 1 aliphatic carbocycles. The maximum atomic E-state index is 3.88. The number of thiophene rings is 1. The van der Waals surface area contributed by atoms with Crippen molar-refractivity contribution in [3.8, 4) is 0 Å². The second-order valence-corrected chi connectivity index (χ2v) is 7.62. The summed E-state index contributed by atoms with van der Waals surface area (Å²) < 4.78 is 0. The van der Waals surface area contributed by atoms with Gasteiger partial charge in [0.25, 0.3) is 0 Å². The highest BCUT2D eigenvalue weighted by Gasteiger charge is 2.26. The number of likely N-dealkylation sites (N-methyl/N-ethyl adjacent to an activating group) is 1. The van der Waals surface area contributed by atoms with Gasteiger partial charge in [0.15, 0.2) is 0 Å². The van der Waals surface area contributed by atoms with Crippen molar-refractivity contribution in [3.05, 3.63) is 22.4 Å². The van der Waals surface area contributed by atoms with Gasteiger partial charge in [-0.3, -0.25) is 4.90 Å². The van der Waals surface area contributed by atoms with Crippen LogP contribution in [0.25, 0.3) is 0 Å². The SMILES string of the molecule is CN1CCN(CCNC(c2cccs2)C2CCCC2)CC1. The molecule has 21 heavy (non-hydrogen) atoms. The van der Waals surface area contributed by atoms with Crippen LogP contribution >= 0.6 is 11.3 Å². The van der Waals surface area contributed by atoms with Crippen LogP contribution in [0.5, 0.6) is 0 Å². The summed E-state index contributed by atoms with van der Waals surface area (Å²) in [6.07, 6.45) is 5.66. The Labute approximate surface area is 133 Å². The minimum Gasteiger partial charge on any atom is -0.308 e. The van der Waals surface area contributed by atoms with Gasteiger partial charge in [-0.25, -0.2) is 0 Å². The van der Waals surface area contributed by atoms with Gasteiger partial charge in [0.05, 0.1) is 0 Å². The Hall–Kier alpha value is -0.420. The van der Waals surface area contributed by atoms with E-state index < -0.39 is 0 Å². The molecule has 1 N–H and O–H groups in total. The molecule has 0 aromatic carbocycles. The van der Waals surface area contributed by atoms with Crippen LogP contribution in [0.1, 0.15) is 36.6 Å². The highest BCUT2D eigenvalue weighted by molar-refractivity contribution is 7.10. The third kappa shape index (κ3) is 4.28. The first-order chi connectivity index (χ1) is 10.3. The largest absolute Gasteiger partial charge is 0.308 e. The van der Waals surface area contributed by atoms with Crippen LogP contribution in [0.15, 0.2) is 17.5 Å². The predicted octanol–water partition coefficient (Wildman–Crippen LogP) is 2.82. The molecule has 2 heterocycles. The van der Waals surface area contributed by atoms with Gasteiger partial charge in [0.1, 0.15) is 0 Å². The normalized spacial score (nSPS) is 23.7. The number of nitrogens with one attached hydrogen (secondary N) is 1. The summed E-state index contributed by atoms with van der Waals surface area (Å²) in [4.78, 5) is 6.57. The molecule has 1 saturated heterocycles. The lowest BCUT2D eigenvalue weighted by molar-refractivity contribution is 0.152. The first kappa shape index (κ1) is 15.5. The van der Waals surface area contributed by atoms with E-state index in [0.717, 1.165) is 12.5 Å². The zero-order valence-electron chi connectivity index (χ0n) is 13.3. The third-order valence-electron chi connectivity index (χ3n) is 5.11. The zero-order valence-corrected chi connectivity index (χ0v) is 14.1. The summed E-state index contributed by atoms with van der Waals surface area (Å²) >= 11 is 1.92. The fraction of sp³-hybridized carbons (Fsp3) is 0.765. The first-order valence-corrected chi connectivity index (χ1v) is 9.38. The molecule has 1 aliphatic heterocycles. The number of hydrogen-bond acceptors (Lipinski definition) is 4. The summed E-state index contributed by atoms with van der Waals surface area (Å²) in [7, 11) is 2.22. The van der Waals surface area contributed by atoms with E-state index in [4.69, 9.17) is 0 Å². The lowest BCUT2D eigenvalue weighted by Crippen LogP contribution is -2.46. The molecule has 3 nitrogen and oxygen atoms in total. The van der Waals surface area contributed by atoms with Gasteiger partial charge in [-0.2, -0.15) is 0 Å². The molecule has 3 rings (SSSR count). The Morgan fingerprint density at radius 2 is 2.00 bits per heavy atom. The Morgan fingerprint density at radius 3 is 2.67 bits per heavy atom. The summed E-state index contributed by atoms with van der Waals surface area (Å²) in [5, 5.41) is 6.10. The Morgan fingerprint density at radius 1 is 1.24 bits per heavy atom. The predicted molar refractivity (Wildman–Crippen MR) is 91.0 cm³/mol. The number of hydrogen-bond donors (Lipinski definition) is 1. The molecule has 1 atom stereocenters. The van der Waals surface area contributed by atoms with Crippen molar-refractivity contribution in [1.82, 2.24) is 15.1 Å². The van der Waals surface area contributed by atoms with Crippen molar-refractivity contribution in [3.63, 3.8) is 0 Å². The summed E-state index contributed by atoms with van der Waals surface area (Å²) in [6, 6.07) is 5.11. The Kier molecular flexibility index (Phi) is 5.69. The molecule has 118 valence electrons. The van der Waals surface area contributed by atoms with Gasteiger partial charge in [0.2, 0.25) is 0 Å². The van der Waals surface area contributed by atoms with E-state index in [9.17, 15) is 0 Å². The minimum atomic E-state index is 0.597. The maximum absolute atomic E-state index is 3.88. The van der Waals surface area contributed by atoms with E-state index >= 15 is 0 Å². The standard InChI is InChI=1S/C17H29N3S/c1-19-10-12-20(13-11-19)9-8-18-17(15-5-2-3-6-15)16-7-4-14-21-16/h4,7,14-15,17-18H,2-3,5-6,8-13H2,1H3. The third-order valence-corrected chi connectivity index (χ3v) is 6.06. The van der Waals surface area contributed by atoms with Gasteiger partial charge in [-0.05, 0) is 37.3 Å². The highest BCUT2D eigenvalue weighted by Crippen LogP contribution is 2.37. The van der Waals surface area contributed by atoms with E-state index in [0.29, 0.717) is 6.04 Å². The van der Waals surface area contributed by atoms with Crippen molar-refractivity contribution < 1.29 is 0 Å². The molecule has 0 bridgehead atoms. The van der Waals surface area contributed by atoms with Crippen LogP contribution in [0, 0.1) is 5.92 Å². The van der Waals surface area contributed by atoms with Gasteiger partial charge >= 0.3 is 0 Å². The molecule has 0 radical (unpaired) electrons. The number of piperazine rings is 1. The molecule has 0 amide bonds. The first-order valence-electron chi connectivity index (χ1n) is 8.50. The lowest BCUT2D eigenvalue weighted by atomic mass is 9.96. The molecule has 2 fully saturated rings. The molecule has 1 unspecified atom stereocenters. The van der Waals surface area contributed by atoms with E-state index in [1.165, 1.54) is 58.4 Å². The average molecular weight is 308 g/mol. The molecule has 2 aliphatic rings. The van der Waals surface area contributed by atoms with Crippen molar-refractivity contribution >= 4 is 11.3 Å². The smallest absolute Gasteiger partial charge is 0.0443 e. The van der Waals surface area contributed by atoms with E-state index in [1.807, 2.05) is 11.3 Å². The number of rotatable bonds is 6. The molecule has 1 aromatic heterocycles. The minimum absolute atomic E-state index is 0.597. The monoisotopic (exact) mass is 307 g/mol. The summed E-state index contributed by atoms with van der Waals surface area (Å²) in [6.45, 7) is 7.22. The highest BCUT2D eigenvalue weighted by atomic mass is 32.1. The topological polar surface area (TPSA) is 18.5 Å². The van der Waals surface area contributed by atoms with Gasteiger partial charge in [-0.15, -0.1) is 11.3 Å². The summed E-state index contributed by atoms with van der Waals surface area (Å²) in [5.74, 6) is 0.858. The molecule has 1 saturated carbocycles. The van der Waals surface area contributed by atoms with Crippen molar-refractivity contribution in [2.75, 3.05) is 46.3 Å². The average Bonchev–Trinajstić information content (AvgIpc) is 3.19. The van der Waals surface area contributed by atoms with Crippen LogP contribution in [-0.2, 0) is 0 Å². The van der Waals surface area contributed by atoms with Crippen LogP contribution in [0.4, 0.5) is 0 Å². The van der Waals surface area contributed by atoms with Crippen molar-refractivity contribution in [2.24, 2.45) is 5.92 Å². The molecular weight excluding hydrogens is 278 g/mol. The van der Waals surface area contributed by atoms with E-state index in [2.05, 4.69) is 39.7 Å². The molecular formula is C17H29N3S. The van der Waals surface area contributed by atoms with Crippen LogP contribution < -0.4 is 5.32 Å². The summed E-state index contributed by atoms with van der Waals surface area (Å²) in [5.41, 5.74) is 0. The number of nitrogens with zero attached hydrogens (tertiary/aromatic N) is 2. The second-order valence-electron chi connectivity index (χ2n) is 6.64. The van der Waals surface area contributed by atoms with Crippen LogP contribution in [-0.4, -0.2) is 56.1 Å². The Balaban J connectivity index is 1.48. The maximum Gasteiger partial charge on any atom is 0.0443 e. The van der Waals surface area contributed by atoms with Crippen molar-refractivity contribution in [1.29, 1.82) is 0 Å². The fourth-order valence-corrected chi connectivity index (χ4v) is 4.60. The van der Waals surface area contributed by atoms with Gasteiger partial charge in [0, 0.05) is 50.2 Å². The fourth-order valence-electron chi connectivity index (χ4n) is 3.71. The molecule has 1 aromatic rings. The van der Waals surface area contributed by atoms with Crippen LogP contribution in [0.2, 0.25) is 0 Å². The lowest BCUT2D eigenvalue weighted by Gasteiger charge is -2.33. The zero-order chi connectivity index (χ0) is 14.5. The van der Waals surface area contributed by atoms with Crippen LogP contribution in [0.3, 0.4) is 0 Å². The molecule has 4 heteroatoms. The second kappa shape index (κ2) is 7.73. The van der Waals surface area contributed by atoms with Crippen molar-refractivity contribution in [2.45, 2.75) is 31.7 Å². The molecule has 0 spiro atoms. The van der Waals surface area contributed by atoms with E-state index in [1.54, 1.807) is 4.88 Å².